The van der Waals surface area contributed by atoms with Gasteiger partial charge in [0.25, 0.3) is 0 Å². The first-order chi connectivity index (χ1) is 14.3. The SMILES string of the molecule is Cc1cn(-c2ccnc3nc(-c4n[nH]c5cnc(-c6cn[nH]c6)cc45)[nH]c23)cn1. The fourth-order valence-electron chi connectivity index (χ4n) is 3.42. The van der Waals surface area contributed by atoms with Gasteiger partial charge in [-0.2, -0.15) is 10.2 Å². The van der Waals surface area contributed by atoms with Crippen LogP contribution in [0.4, 0.5) is 0 Å². The molecule has 0 amide bonds. The van der Waals surface area contributed by atoms with Gasteiger partial charge in [-0.15, -0.1) is 0 Å². The lowest BCUT2D eigenvalue weighted by molar-refractivity contribution is 1.06. The van der Waals surface area contributed by atoms with Crippen LogP contribution in [0.5, 0.6) is 0 Å². The highest BCUT2D eigenvalue weighted by Gasteiger charge is 2.17. The third kappa shape index (κ3) is 2.42. The van der Waals surface area contributed by atoms with E-state index in [1.165, 1.54) is 0 Å². The van der Waals surface area contributed by atoms with E-state index in [9.17, 15) is 0 Å². The van der Waals surface area contributed by atoms with Crippen LogP contribution >= 0.6 is 0 Å². The average Bonchev–Trinajstić information content (AvgIpc) is 3.51. The molecule has 10 heteroatoms. The molecule has 140 valence electrons. The number of rotatable bonds is 3. The molecule has 0 radical (unpaired) electrons. The number of fused-ring (bicyclic) bond motifs is 2. The van der Waals surface area contributed by atoms with Crippen LogP contribution in [0.15, 0.2) is 49.4 Å². The van der Waals surface area contributed by atoms with Crippen LogP contribution in [0.25, 0.3) is 50.5 Å². The number of aromatic amines is 3. The molecule has 6 aromatic rings. The van der Waals surface area contributed by atoms with E-state index in [1.54, 1.807) is 31.1 Å². The van der Waals surface area contributed by atoms with Gasteiger partial charge in [0.1, 0.15) is 11.2 Å². The third-order valence-corrected chi connectivity index (χ3v) is 4.83. The molecule has 10 nitrogen and oxygen atoms in total. The zero-order chi connectivity index (χ0) is 19.4. The predicted molar refractivity (Wildman–Crippen MR) is 106 cm³/mol. The average molecular weight is 382 g/mol. The largest absolute Gasteiger partial charge is 0.333 e. The van der Waals surface area contributed by atoms with E-state index in [2.05, 4.69) is 45.3 Å². The zero-order valence-corrected chi connectivity index (χ0v) is 15.2. The molecule has 6 aromatic heterocycles. The molecule has 0 aromatic carbocycles. The molecule has 0 bridgehead atoms. The number of imidazole rings is 2. The Labute approximate surface area is 163 Å². The predicted octanol–water partition coefficient (Wildman–Crippen LogP) is 2.78. The second-order valence-electron chi connectivity index (χ2n) is 6.71. The van der Waals surface area contributed by atoms with Gasteiger partial charge in [-0.25, -0.2) is 15.0 Å². The van der Waals surface area contributed by atoms with E-state index in [1.807, 2.05) is 29.8 Å². The van der Waals surface area contributed by atoms with Crippen molar-refractivity contribution in [3.05, 3.63) is 55.1 Å². The smallest absolute Gasteiger partial charge is 0.180 e. The van der Waals surface area contributed by atoms with Gasteiger partial charge >= 0.3 is 0 Å². The van der Waals surface area contributed by atoms with E-state index in [4.69, 9.17) is 0 Å². The van der Waals surface area contributed by atoms with Crippen molar-refractivity contribution in [3.63, 3.8) is 0 Å². The number of nitrogens with one attached hydrogen (secondary N) is 3. The summed E-state index contributed by atoms with van der Waals surface area (Å²) in [5.74, 6) is 0.632. The van der Waals surface area contributed by atoms with Gasteiger partial charge in [0, 0.05) is 29.5 Å². The molecule has 0 fully saturated rings. The summed E-state index contributed by atoms with van der Waals surface area (Å²) in [6.45, 7) is 1.95. The van der Waals surface area contributed by atoms with Gasteiger partial charge in [-0.3, -0.25) is 15.2 Å². The summed E-state index contributed by atoms with van der Waals surface area (Å²) in [5.41, 5.74) is 6.54. The minimum Gasteiger partial charge on any atom is -0.333 e. The van der Waals surface area contributed by atoms with Gasteiger partial charge < -0.3 is 9.55 Å². The molecule has 3 N–H and O–H groups in total. The van der Waals surface area contributed by atoms with Gasteiger partial charge in [-0.1, -0.05) is 0 Å². The van der Waals surface area contributed by atoms with Crippen molar-refractivity contribution in [2.24, 2.45) is 0 Å². The lowest BCUT2D eigenvalue weighted by Crippen LogP contribution is -1.92. The molecule has 6 rings (SSSR count). The van der Waals surface area contributed by atoms with Crippen LogP contribution in [0.2, 0.25) is 0 Å². The van der Waals surface area contributed by atoms with E-state index >= 15 is 0 Å². The van der Waals surface area contributed by atoms with Crippen LogP contribution in [-0.4, -0.2) is 49.9 Å². The summed E-state index contributed by atoms with van der Waals surface area (Å²) in [6, 6.07) is 3.90. The Balaban J connectivity index is 1.53. The first-order valence-corrected chi connectivity index (χ1v) is 8.95. The number of aromatic nitrogens is 10. The van der Waals surface area contributed by atoms with Crippen molar-refractivity contribution < 1.29 is 0 Å². The minimum absolute atomic E-state index is 0.615. The first-order valence-electron chi connectivity index (χ1n) is 8.95. The van der Waals surface area contributed by atoms with Crippen LogP contribution in [0.3, 0.4) is 0 Å². The summed E-state index contributed by atoms with van der Waals surface area (Å²) in [5, 5.41) is 15.2. The second-order valence-corrected chi connectivity index (χ2v) is 6.71. The van der Waals surface area contributed by atoms with Gasteiger partial charge in [0.05, 0.1) is 41.3 Å². The van der Waals surface area contributed by atoms with Gasteiger partial charge in [0.2, 0.25) is 0 Å². The Morgan fingerprint density at radius 2 is 2.07 bits per heavy atom. The standard InChI is InChI=1S/C19H14N10/c1-10-8-29(9-22-10)15-2-3-20-18-17(15)25-19(26-18)16-12-4-13(11-5-23-24-6-11)21-7-14(12)27-28-16/h2-9H,1H3,(H,23,24)(H,27,28)(H,20,25,26). The number of nitrogens with zero attached hydrogens (tertiary/aromatic N) is 7. The lowest BCUT2D eigenvalue weighted by Gasteiger charge is -2.01. The highest BCUT2D eigenvalue weighted by molar-refractivity contribution is 5.95. The van der Waals surface area contributed by atoms with Gasteiger partial charge in [-0.05, 0) is 19.1 Å². The van der Waals surface area contributed by atoms with Crippen molar-refractivity contribution in [3.8, 4) is 28.5 Å². The van der Waals surface area contributed by atoms with Crippen molar-refractivity contribution in [2.45, 2.75) is 6.92 Å². The van der Waals surface area contributed by atoms with E-state index in [-0.39, 0.29) is 0 Å². The molecular formula is C19H14N10. The Hall–Kier alpha value is -4.34. The van der Waals surface area contributed by atoms with E-state index in [0.717, 1.165) is 39.1 Å². The maximum absolute atomic E-state index is 4.67. The third-order valence-electron chi connectivity index (χ3n) is 4.83. The molecular weight excluding hydrogens is 368 g/mol. The lowest BCUT2D eigenvalue weighted by atomic mass is 10.1. The number of pyridine rings is 2. The highest BCUT2D eigenvalue weighted by atomic mass is 15.2. The van der Waals surface area contributed by atoms with Crippen LogP contribution in [0, 0.1) is 6.92 Å². The molecule has 0 aliphatic heterocycles. The fourth-order valence-corrected chi connectivity index (χ4v) is 3.42. The summed E-state index contributed by atoms with van der Waals surface area (Å²) in [7, 11) is 0. The van der Waals surface area contributed by atoms with Crippen molar-refractivity contribution in [2.75, 3.05) is 0 Å². The van der Waals surface area contributed by atoms with Crippen molar-refractivity contribution >= 4 is 22.1 Å². The maximum Gasteiger partial charge on any atom is 0.180 e. The Morgan fingerprint density at radius 1 is 1.10 bits per heavy atom. The number of H-pyrrole nitrogens is 3. The first kappa shape index (κ1) is 15.7. The summed E-state index contributed by atoms with van der Waals surface area (Å²) >= 11 is 0. The highest BCUT2D eigenvalue weighted by Crippen LogP contribution is 2.29. The van der Waals surface area contributed by atoms with Crippen molar-refractivity contribution in [1.29, 1.82) is 0 Å². The summed E-state index contributed by atoms with van der Waals surface area (Å²) < 4.78 is 1.95. The molecule has 0 spiro atoms. The van der Waals surface area contributed by atoms with Crippen LogP contribution in [-0.2, 0) is 0 Å². The van der Waals surface area contributed by atoms with E-state index < -0.39 is 0 Å². The number of hydrogen-bond acceptors (Lipinski definition) is 6. The van der Waals surface area contributed by atoms with Gasteiger partial charge in [0.15, 0.2) is 11.5 Å². The summed E-state index contributed by atoms with van der Waals surface area (Å²) in [6.07, 6.45) is 10.8. The topological polar surface area (TPSA) is 130 Å². The molecule has 0 aliphatic carbocycles. The second kappa shape index (κ2) is 5.83. The summed E-state index contributed by atoms with van der Waals surface area (Å²) in [4.78, 5) is 21.2. The molecule has 6 heterocycles. The fraction of sp³-hybridized carbons (Fsp3) is 0.0526. The Bertz CT molecular complexity index is 1470. The molecule has 0 aliphatic rings. The molecule has 29 heavy (non-hydrogen) atoms. The minimum atomic E-state index is 0.615. The van der Waals surface area contributed by atoms with Crippen LogP contribution < -0.4 is 0 Å². The molecule has 0 saturated carbocycles. The zero-order valence-electron chi connectivity index (χ0n) is 15.2. The van der Waals surface area contributed by atoms with Crippen LogP contribution in [0.1, 0.15) is 5.69 Å². The number of hydrogen-bond donors (Lipinski definition) is 3. The molecule has 0 unspecified atom stereocenters. The number of aryl methyl sites for hydroxylation is 1. The van der Waals surface area contributed by atoms with E-state index in [0.29, 0.717) is 17.2 Å². The monoisotopic (exact) mass is 382 g/mol. The maximum atomic E-state index is 4.67. The van der Waals surface area contributed by atoms with Crippen molar-refractivity contribution in [1.82, 2.24) is 49.9 Å². The molecule has 0 saturated heterocycles. The Morgan fingerprint density at radius 3 is 2.90 bits per heavy atom. The normalized spacial score (nSPS) is 11.6. The molecule has 0 atom stereocenters. The Kier molecular flexibility index (Phi) is 3.15. The quantitative estimate of drug-likeness (QED) is 0.431.